The summed E-state index contributed by atoms with van der Waals surface area (Å²) in [5, 5.41) is 9.25. The molecule has 3 nitrogen and oxygen atoms in total. The van der Waals surface area contributed by atoms with Crippen molar-refractivity contribution in [1.29, 1.82) is 0 Å². The van der Waals surface area contributed by atoms with Gasteiger partial charge in [-0.2, -0.15) is 0 Å². The van der Waals surface area contributed by atoms with Crippen LogP contribution in [0.2, 0.25) is 0 Å². The second-order valence-electron chi connectivity index (χ2n) is 4.59. The van der Waals surface area contributed by atoms with Crippen LogP contribution < -0.4 is 4.90 Å². The van der Waals surface area contributed by atoms with Crippen LogP contribution in [0.25, 0.3) is 0 Å². The van der Waals surface area contributed by atoms with Gasteiger partial charge in [0.15, 0.2) is 0 Å². The van der Waals surface area contributed by atoms with Gasteiger partial charge in [0.1, 0.15) is 6.04 Å². The molecule has 2 rings (SSSR count). The molecule has 0 fully saturated rings. The summed E-state index contributed by atoms with van der Waals surface area (Å²) in [6, 6.07) is 7.40. The molecule has 0 unspecified atom stereocenters. The van der Waals surface area contributed by atoms with Crippen LogP contribution in [0.1, 0.15) is 19.4 Å². The number of carboxylic acid groups (broad SMARTS) is 1. The quantitative estimate of drug-likeness (QED) is 0.760. The second-order valence-corrected chi connectivity index (χ2v) is 4.59. The highest BCUT2D eigenvalue weighted by atomic mass is 16.4. The zero-order valence-electron chi connectivity index (χ0n) is 9.19. The summed E-state index contributed by atoms with van der Waals surface area (Å²) >= 11 is 0. The largest absolute Gasteiger partial charge is 0.480 e. The van der Waals surface area contributed by atoms with E-state index in [-0.39, 0.29) is 5.41 Å². The number of anilines is 1. The molecule has 1 heterocycles. The van der Waals surface area contributed by atoms with Crippen molar-refractivity contribution in [2.24, 2.45) is 0 Å². The van der Waals surface area contributed by atoms with Gasteiger partial charge in [0.2, 0.25) is 0 Å². The van der Waals surface area contributed by atoms with Gasteiger partial charge in [0.25, 0.3) is 0 Å². The molecule has 3 heteroatoms. The number of nitrogens with zero attached hydrogens (tertiary/aromatic N) is 1. The first kappa shape index (κ1) is 10.0. The fraction of sp³-hybridized carbons (Fsp3) is 0.417. The lowest BCUT2D eigenvalue weighted by Crippen LogP contribution is -2.45. The monoisotopic (exact) mass is 205 g/mol. The van der Waals surface area contributed by atoms with Crippen LogP contribution in [0.15, 0.2) is 24.3 Å². The maximum absolute atomic E-state index is 11.3. The Morgan fingerprint density at radius 1 is 1.40 bits per heavy atom. The van der Waals surface area contributed by atoms with E-state index in [4.69, 9.17) is 0 Å². The Balaban J connectivity index is 2.59. The molecule has 1 aromatic carbocycles. The number of carboxylic acids is 1. The smallest absolute Gasteiger partial charge is 0.327 e. The summed E-state index contributed by atoms with van der Waals surface area (Å²) in [7, 11) is 1.84. The highest BCUT2D eigenvalue weighted by Gasteiger charge is 2.46. The third-order valence-corrected chi connectivity index (χ3v) is 3.28. The van der Waals surface area contributed by atoms with Crippen molar-refractivity contribution in [1.82, 2.24) is 0 Å². The summed E-state index contributed by atoms with van der Waals surface area (Å²) in [6.45, 7) is 3.96. The topological polar surface area (TPSA) is 40.5 Å². The van der Waals surface area contributed by atoms with E-state index < -0.39 is 12.0 Å². The lowest BCUT2D eigenvalue weighted by Gasteiger charge is -2.28. The standard InChI is InChI=1S/C12H15NO2/c1-12(2)8-6-4-5-7-9(8)13(3)10(12)11(14)15/h4-7,10H,1-3H3,(H,14,15)/t10-/m1/s1. The average molecular weight is 205 g/mol. The molecule has 0 saturated carbocycles. The number of benzene rings is 1. The lowest BCUT2D eigenvalue weighted by molar-refractivity contribution is -0.139. The summed E-state index contributed by atoms with van der Waals surface area (Å²) in [5.41, 5.74) is 1.80. The van der Waals surface area contributed by atoms with Crippen LogP contribution in [0.4, 0.5) is 5.69 Å². The molecule has 1 aliphatic heterocycles. The van der Waals surface area contributed by atoms with Crippen molar-refractivity contribution in [2.45, 2.75) is 25.3 Å². The van der Waals surface area contributed by atoms with Crippen molar-refractivity contribution in [3.63, 3.8) is 0 Å². The van der Waals surface area contributed by atoms with E-state index in [1.54, 1.807) is 0 Å². The fourth-order valence-corrected chi connectivity index (χ4v) is 2.57. The van der Waals surface area contributed by atoms with E-state index in [9.17, 15) is 9.90 Å². The minimum absolute atomic E-state index is 0.336. The first-order valence-electron chi connectivity index (χ1n) is 5.01. The number of likely N-dealkylation sites (N-methyl/N-ethyl adjacent to an activating group) is 1. The Labute approximate surface area is 89.3 Å². The molecule has 80 valence electrons. The van der Waals surface area contributed by atoms with Crippen LogP contribution >= 0.6 is 0 Å². The van der Waals surface area contributed by atoms with Gasteiger partial charge in [-0.05, 0) is 11.6 Å². The Hall–Kier alpha value is -1.51. The Morgan fingerprint density at radius 2 is 2.00 bits per heavy atom. The van der Waals surface area contributed by atoms with Gasteiger partial charge in [0, 0.05) is 18.2 Å². The molecule has 0 bridgehead atoms. The minimum Gasteiger partial charge on any atom is -0.480 e. The first-order chi connectivity index (χ1) is 6.96. The lowest BCUT2D eigenvalue weighted by atomic mass is 9.80. The third kappa shape index (κ3) is 1.23. The normalized spacial score (nSPS) is 22.6. The molecule has 0 aromatic heterocycles. The Morgan fingerprint density at radius 3 is 2.53 bits per heavy atom. The van der Waals surface area contributed by atoms with E-state index in [2.05, 4.69) is 0 Å². The van der Waals surface area contributed by atoms with Crippen LogP contribution in [-0.2, 0) is 10.2 Å². The van der Waals surface area contributed by atoms with E-state index in [1.165, 1.54) is 0 Å². The highest BCUT2D eigenvalue weighted by molar-refractivity contribution is 5.85. The molecule has 1 aliphatic rings. The molecular formula is C12H15NO2. The number of fused-ring (bicyclic) bond motifs is 1. The summed E-state index contributed by atoms with van der Waals surface area (Å²) in [4.78, 5) is 13.1. The second kappa shape index (κ2) is 2.99. The number of hydrogen-bond donors (Lipinski definition) is 1. The molecular weight excluding hydrogens is 190 g/mol. The number of hydrogen-bond acceptors (Lipinski definition) is 2. The molecule has 1 N–H and O–H groups in total. The van der Waals surface area contributed by atoms with Gasteiger partial charge in [-0.15, -0.1) is 0 Å². The summed E-state index contributed by atoms with van der Waals surface area (Å²) in [5.74, 6) is -0.765. The van der Waals surface area contributed by atoms with Gasteiger partial charge in [-0.25, -0.2) is 4.79 Å². The number of para-hydroxylation sites is 1. The minimum atomic E-state index is -0.765. The van der Waals surface area contributed by atoms with Gasteiger partial charge in [-0.1, -0.05) is 32.0 Å². The van der Waals surface area contributed by atoms with Crippen LogP contribution in [0, 0.1) is 0 Å². The maximum atomic E-state index is 11.3. The summed E-state index contributed by atoms with van der Waals surface area (Å²) < 4.78 is 0. The zero-order chi connectivity index (χ0) is 11.2. The van der Waals surface area contributed by atoms with Crippen molar-refractivity contribution < 1.29 is 9.90 Å². The Bertz CT molecular complexity index is 412. The summed E-state index contributed by atoms with van der Waals surface area (Å²) in [6.07, 6.45) is 0. The molecule has 0 amide bonds. The molecule has 0 spiro atoms. The first-order valence-corrected chi connectivity index (χ1v) is 5.01. The third-order valence-electron chi connectivity index (χ3n) is 3.28. The maximum Gasteiger partial charge on any atom is 0.327 e. The van der Waals surface area contributed by atoms with Gasteiger partial charge < -0.3 is 10.0 Å². The van der Waals surface area contributed by atoms with Crippen LogP contribution in [-0.4, -0.2) is 24.2 Å². The highest BCUT2D eigenvalue weighted by Crippen LogP contribution is 2.43. The van der Waals surface area contributed by atoms with Crippen molar-refractivity contribution in [2.75, 3.05) is 11.9 Å². The Kier molecular flexibility index (Phi) is 2.00. The molecule has 1 aromatic rings. The van der Waals surface area contributed by atoms with E-state index in [0.717, 1.165) is 11.3 Å². The number of rotatable bonds is 1. The van der Waals surface area contributed by atoms with Crippen molar-refractivity contribution in [3.05, 3.63) is 29.8 Å². The number of carbonyl (C=O) groups is 1. The van der Waals surface area contributed by atoms with Crippen LogP contribution in [0.3, 0.4) is 0 Å². The van der Waals surface area contributed by atoms with E-state index >= 15 is 0 Å². The zero-order valence-corrected chi connectivity index (χ0v) is 9.19. The molecule has 0 aliphatic carbocycles. The van der Waals surface area contributed by atoms with E-state index in [1.807, 2.05) is 50.1 Å². The van der Waals surface area contributed by atoms with Gasteiger partial charge in [-0.3, -0.25) is 0 Å². The van der Waals surface area contributed by atoms with Crippen LogP contribution in [0.5, 0.6) is 0 Å². The number of aliphatic carboxylic acids is 1. The molecule has 0 radical (unpaired) electrons. The van der Waals surface area contributed by atoms with Crippen molar-refractivity contribution in [3.8, 4) is 0 Å². The molecule has 0 saturated heterocycles. The SMILES string of the molecule is CN1c2ccccc2C(C)(C)[C@H]1C(=O)O. The molecule has 15 heavy (non-hydrogen) atoms. The van der Waals surface area contributed by atoms with Gasteiger partial charge >= 0.3 is 5.97 Å². The van der Waals surface area contributed by atoms with E-state index in [0.29, 0.717) is 0 Å². The molecule has 1 atom stereocenters. The fourth-order valence-electron chi connectivity index (χ4n) is 2.57. The predicted octanol–water partition coefficient (Wildman–Crippen LogP) is 1.87. The average Bonchev–Trinajstić information content (AvgIpc) is 2.36. The predicted molar refractivity (Wildman–Crippen MR) is 59.3 cm³/mol. The van der Waals surface area contributed by atoms with Crippen molar-refractivity contribution >= 4 is 11.7 Å². The van der Waals surface area contributed by atoms with Gasteiger partial charge in [0.05, 0.1) is 0 Å².